The molecule has 1 aliphatic heterocycles. The molecule has 1 saturated heterocycles. The monoisotopic (exact) mass is 456 g/mol. The van der Waals surface area contributed by atoms with E-state index in [0.717, 1.165) is 28.6 Å². The highest BCUT2D eigenvalue weighted by Crippen LogP contribution is 2.41. The Bertz CT molecular complexity index is 1070. The van der Waals surface area contributed by atoms with Crippen molar-refractivity contribution in [2.45, 2.75) is 26.2 Å². The number of carbonyl (C=O) groups is 4. The molecule has 32 heavy (non-hydrogen) atoms. The van der Waals surface area contributed by atoms with Crippen LogP contribution < -0.4 is 0 Å². The summed E-state index contributed by atoms with van der Waals surface area (Å²) in [5, 5.41) is 2.19. The minimum Gasteiger partial charge on any atom is -0.292 e. The van der Waals surface area contributed by atoms with Crippen LogP contribution in [0.1, 0.15) is 46.9 Å². The zero-order chi connectivity index (χ0) is 23.0. The third-order valence-electron chi connectivity index (χ3n) is 6.19. The van der Waals surface area contributed by atoms with E-state index >= 15 is 0 Å². The molecule has 0 radical (unpaired) electrons. The number of imide groups is 1. The summed E-state index contributed by atoms with van der Waals surface area (Å²) in [6.07, 6.45) is 1.97. The summed E-state index contributed by atoms with van der Waals surface area (Å²) in [7, 11) is 0. The van der Waals surface area contributed by atoms with Gasteiger partial charge in [-0.05, 0) is 73.7 Å². The van der Waals surface area contributed by atoms with E-state index < -0.39 is 47.7 Å². The van der Waals surface area contributed by atoms with E-state index in [1.54, 1.807) is 0 Å². The quantitative estimate of drug-likeness (QED) is 0.500. The number of halogens is 2. The van der Waals surface area contributed by atoms with Gasteiger partial charge in [0.1, 0.15) is 12.4 Å². The van der Waals surface area contributed by atoms with Crippen molar-refractivity contribution in [2.24, 2.45) is 17.8 Å². The second kappa shape index (κ2) is 8.82. The number of nitrogens with zero attached hydrogens (tertiary/aromatic N) is 2. The molecular weight excluding hydrogens is 435 g/mol. The lowest BCUT2D eigenvalue weighted by atomic mass is 9.76. The Balaban J connectivity index is 1.68. The smallest absolute Gasteiger partial charge is 0.273 e. The molecule has 4 rings (SSSR count). The van der Waals surface area contributed by atoms with E-state index in [1.165, 1.54) is 36.4 Å². The van der Waals surface area contributed by atoms with Crippen LogP contribution in [0.25, 0.3) is 0 Å². The van der Waals surface area contributed by atoms with E-state index in [1.807, 2.05) is 6.92 Å². The largest absolute Gasteiger partial charge is 0.292 e. The van der Waals surface area contributed by atoms with Crippen molar-refractivity contribution in [1.29, 1.82) is 0 Å². The SMILES string of the molecule is C[C@@H]1CC[C@@H]2C(=O)N(N(CC(=O)c3ccc(F)cc3)C(=O)c3ccc(Cl)cc3)C(=O)[C@H]2C1. The summed E-state index contributed by atoms with van der Waals surface area (Å²) in [5.41, 5.74) is 0.357. The van der Waals surface area contributed by atoms with Crippen molar-refractivity contribution in [3.63, 3.8) is 0 Å². The number of fused-ring (bicyclic) bond motifs is 1. The summed E-state index contributed by atoms with van der Waals surface area (Å²) in [6.45, 7) is 1.50. The lowest BCUT2D eigenvalue weighted by Crippen LogP contribution is -2.52. The van der Waals surface area contributed by atoms with Gasteiger partial charge in [0.15, 0.2) is 5.78 Å². The molecule has 0 aromatic heterocycles. The maximum absolute atomic E-state index is 13.3. The normalized spacial score (nSPS) is 22.6. The standard InChI is InChI=1S/C24H22ClFN2O4/c1-14-2-11-19-20(12-14)24(32)28(23(19)31)27(22(30)16-3-7-17(25)8-4-16)13-21(29)15-5-9-18(26)10-6-15/h3-10,14,19-20H,2,11-13H2,1H3/t14-,19+,20+/m1/s1. The number of ketones is 1. The van der Waals surface area contributed by atoms with E-state index in [-0.39, 0.29) is 11.1 Å². The molecule has 6 nitrogen and oxygen atoms in total. The van der Waals surface area contributed by atoms with Gasteiger partial charge in [-0.2, -0.15) is 5.01 Å². The van der Waals surface area contributed by atoms with E-state index in [2.05, 4.69) is 0 Å². The minimum atomic E-state index is -0.662. The molecule has 8 heteroatoms. The van der Waals surface area contributed by atoms with Crippen molar-refractivity contribution >= 4 is 35.1 Å². The third kappa shape index (κ3) is 4.17. The number of carbonyl (C=O) groups excluding carboxylic acids is 4. The zero-order valence-corrected chi connectivity index (χ0v) is 18.2. The van der Waals surface area contributed by atoms with Gasteiger partial charge in [-0.1, -0.05) is 18.5 Å². The van der Waals surface area contributed by atoms with Gasteiger partial charge < -0.3 is 0 Å². The topological polar surface area (TPSA) is 74.8 Å². The Morgan fingerprint density at radius 1 is 0.969 bits per heavy atom. The number of Topliss-reactive ketones (excluding diaryl/α,β-unsaturated/α-hetero) is 1. The van der Waals surface area contributed by atoms with E-state index in [9.17, 15) is 23.6 Å². The van der Waals surface area contributed by atoms with Crippen LogP contribution in [0.4, 0.5) is 4.39 Å². The van der Waals surface area contributed by atoms with Crippen molar-refractivity contribution in [3.05, 3.63) is 70.5 Å². The van der Waals surface area contributed by atoms with Crippen LogP contribution in [0.5, 0.6) is 0 Å². The first kappa shape index (κ1) is 22.1. The third-order valence-corrected chi connectivity index (χ3v) is 6.44. The summed E-state index contributed by atoms with van der Waals surface area (Å²) in [5.74, 6) is -3.27. The Hall–Kier alpha value is -3.06. The Labute approximate surface area is 189 Å². The number of hydrazine groups is 1. The number of rotatable bonds is 5. The van der Waals surface area contributed by atoms with Gasteiger partial charge in [0.25, 0.3) is 17.7 Å². The fourth-order valence-corrected chi connectivity index (χ4v) is 4.57. The molecular formula is C24H22ClFN2O4. The second-order valence-corrected chi connectivity index (χ2v) is 8.86. The fraction of sp³-hybridized carbons (Fsp3) is 0.333. The predicted octanol–water partition coefficient (Wildman–Crippen LogP) is 4.14. The summed E-state index contributed by atoms with van der Waals surface area (Å²) < 4.78 is 13.3. The molecule has 2 aliphatic rings. The van der Waals surface area contributed by atoms with Crippen molar-refractivity contribution in [2.75, 3.05) is 6.54 Å². The number of amides is 3. The molecule has 0 unspecified atom stereocenters. The second-order valence-electron chi connectivity index (χ2n) is 8.42. The van der Waals surface area contributed by atoms with Crippen LogP contribution in [-0.4, -0.2) is 40.1 Å². The van der Waals surface area contributed by atoms with Crippen LogP contribution >= 0.6 is 11.6 Å². The molecule has 166 valence electrons. The molecule has 2 aromatic rings. The van der Waals surface area contributed by atoms with Gasteiger partial charge in [-0.15, -0.1) is 0 Å². The van der Waals surface area contributed by atoms with Gasteiger partial charge in [0.05, 0.1) is 11.8 Å². The first-order valence-electron chi connectivity index (χ1n) is 10.5. The molecule has 0 bridgehead atoms. The fourth-order valence-electron chi connectivity index (χ4n) is 4.45. The average Bonchev–Trinajstić information content (AvgIpc) is 3.02. The van der Waals surface area contributed by atoms with Crippen LogP contribution in [-0.2, 0) is 9.59 Å². The van der Waals surface area contributed by atoms with Crippen LogP contribution in [0.3, 0.4) is 0 Å². The summed E-state index contributed by atoms with van der Waals surface area (Å²) in [6, 6.07) is 10.9. The van der Waals surface area contributed by atoms with Crippen LogP contribution in [0.2, 0.25) is 5.02 Å². The van der Waals surface area contributed by atoms with Gasteiger partial charge in [-0.3, -0.25) is 19.2 Å². The summed E-state index contributed by atoms with van der Waals surface area (Å²) in [4.78, 5) is 52.7. The van der Waals surface area contributed by atoms with Gasteiger partial charge >= 0.3 is 0 Å². The Kier molecular flexibility index (Phi) is 6.11. The van der Waals surface area contributed by atoms with Crippen molar-refractivity contribution < 1.29 is 23.6 Å². The number of hydrogen-bond donors (Lipinski definition) is 0. The van der Waals surface area contributed by atoms with Gasteiger partial charge in [0, 0.05) is 16.1 Å². The number of benzene rings is 2. The molecule has 0 spiro atoms. The molecule has 3 atom stereocenters. The average molecular weight is 457 g/mol. The van der Waals surface area contributed by atoms with E-state index in [0.29, 0.717) is 23.8 Å². The summed E-state index contributed by atoms with van der Waals surface area (Å²) >= 11 is 5.91. The first-order chi connectivity index (χ1) is 15.3. The highest BCUT2D eigenvalue weighted by molar-refractivity contribution is 6.30. The maximum Gasteiger partial charge on any atom is 0.273 e. The minimum absolute atomic E-state index is 0.172. The molecule has 0 N–H and O–H groups in total. The van der Waals surface area contributed by atoms with Gasteiger partial charge in [0.2, 0.25) is 0 Å². The Morgan fingerprint density at radius 2 is 1.56 bits per heavy atom. The highest BCUT2D eigenvalue weighted by Gasteiger charge is 2.52. The lowest BCUT2D eigenvalue weighted by molar-refractivity contribution is -0.154. The molecule has 3 amide bonds. The maximum atomic E-state index is 13.3. The van der Waals surface area contributed by atoms with E-state index in [4.69, 9.17) is 11.6 Å². The molecule has 1 saturated carbocycles. The van der Waals surface area contributed by atoms with Gasteiger partial charge in [-0.25, -0.2) is 9.40 Å². The zero-order valence-electron chi connectivity index (χ0n) is 17.5. The van der Waals surface area contributed by atoms with Crippen LogP contribution in [0.15, 0.2) is 48.5 Å². The highest BCUT2D eigenvalue weighted by atomic mass is 35.5. The molecule has 1 heterocycles. The first-order valence-corrected chi connectivity index (χ1v) is 10.9. The molecule has 1 aliphatic carbocycles. The predicted molar refractivity (Wildman–Crippen MR) is 115 cm³/mol. The molecule has 2 fully saturated rings. The Morgan fingerprint density at radius 3 is 2.22 bits per heavy atom. The van der Waals surface area contributed by atoms with Crippen molar-refractivity contribution in [3.8, 4) is 0 Å². The van der Waals surface area contributed by atoms with Crippen molar-refractivity contribution in [1.82, 2.24) is 10.0 Å². The number of hydrogen-bond acceptors (Lipinski definition) is 4. The molecule has 2 aromatic carbocycles. The van der Waals surface area contributed by atoms with Crippen LogP contribution in [0, 0.1) is 23.6 Å². The lowest BCUT2D eigenvalue weighted by Gasteiger charge is -2.30.